The van der Waals surface area contributed by atoms with Crippen LogP contribution in [0.25, 0.3) is 0 Å². The Bertz CT molecular complexity index is 953. The lowest BCUT2D eigenvalue weighted by molar-refractivity contribution is -0.174. The molecule has 4 aliphatic carbocycles. The van der Waals surface area contributed by atoms with Gasteiger partial charge in [0.2, 0.25) is 0 Å². The van der Waals surface area contributed by atoms with Crippen LogP contribution in [0.1, 0.15) is 103 Å². The molecule has 5 rings (SSSR count). The molecule has 0 heterocycles. The van der Waals surface area contributed by atoms with Gasteiger partial charge in [-0.25, -0.2) is 4.39 Å². The maximum Gasteiger partial charge on any atom is 0.127 e. The summed E-state index contributed by atoms with van der Waals surface area (Å²) in [7, 11) is 1.52. The van der Waals surface area contributed by atoms with Crippen LogP contribution in [0.5, 0.6) is 5.75 Å². The van der Waals surface area contributed by atoms with Gasteiger partial charge in [0.25, 0.3) is 0 Å². The molecule has 4 aliphatic rings. The van der Waals surface area contributed by atoms with Gasteiger partial charge in [0, 0.05) is 11.6 Å². The summed E-state index contributed by atoms with van der Waals surface area (Å²) in [5.74, 6) is 3.88. The third-order valence-electron chi connectivity index (χ3n) is 12.2. The number of halogens is 1. The number of aliphatic hydroxyl groups excluding tert-OH is 3. The van der Waals surface area contributed by atoms with Crippen molar-refractivity contribution in [2.24, 2.45) is 46.3 Å². The van der Waals surface area contributed by atoms with Crippen LogP contribution in [0.4, 0.5) is 4.39 Å². The highest BCUT2D eigenvalue weighted by Gasteiger charge is 2.61. The first-order chi connectivity index (χ1) is 17.6. The van der Waals surface area contributed by atoms with Crippen molar-refractivity contribution < 1.29 is 24.4 Å². The van der Waals surface area contributed by atoms with Gasteiger partial charge in [-0.3, -0.25) is 0 Å². The van der Waals surface area contributed by atoms with Gasteiger partial charge in [-0.1, -0.05) is 33.6 Å². The fraction of sp³-hybridized carbons (Fsp3) is 0.812. The third kappa shape index (κ3) is 4.65. The molecule has 1 aromatic carbocycles. The summed E-state index contributed by atoms with van der Waals surface area (Å²) in [4.78, 5) is 0. The van der Waals surface area contributed by atoms with Crippen molar-refractivity contribution in [3.05, 3.63) is 29.6 Å². The molecule has 0 bridgehead atoms. The summed E-state index contributed by atoms with van der Waals surface area (Å²) < 4.78 is 18.9. The molecule has 208 valence electrons. The van der Waals surface area contributed by atoms with E-state index in [0.29, 0.717) is 35.0 Å². The lowest BCUT2D eigenvalue weighted by atomic mass is 9.44. The number of methoxy groups -OCH3 is 1. The Morgan fingerprint density at radius 3 is 2.41 bits per heavy atom. The predicted octanol–water partition coefficient (Wildman–Crippen LogP) is 6.66. The number of benzene rings is 1. The van der Waals surface area contributed by atoms with Crippen LogP contribution >= 0.6 is 0 Å². The molecular formula is C32H49FO4. The average molecular weight is 517 g/mol. The van der Waals surface area contributed by atoms with Crippen molar-refractivity contribution in [1.82, 2.24) is 0 Å². The second kappa shape index (κ2) is 10.4. The normalized spacial score (nSPS) is 42.9. The molecule has 11 atom stereocenters. The molecule has 0 aromatic heterocycles. The molecule has 4 saturated carbocycles. The Morgan fingerprint density at radius 2 is 1.65 bits per heavy atom. The molecule has 0 radical (unpaired) electrons. The first-order valence-electron chi connectivity index (χ1n) is 15.0. The summed E-state index contributed by atoms with van der Waals surface area (Å²) >= 11 is 0. The van der Waals surface area contributed by atoms with Crippen LogP contribution in [-0.2, 0) is 0 Å². The second-order valence-electron chi connectivity index (χ2n) is 13.7. The fourth-order valence-electron chi connectivity index (χ4n) is 10.2. The van der Waals surface area contributed by atoms with Crippen LogP contribution in [0.3, 0.4) is 0 Å². The van der Waals surface area contributed by atoms with E-state index >= 15 is 0 Å². The topological polar surface area (TPSA) is 69.9 Å². The van der Waals surface area contributed by atoms with Crippen molar-refractivity contribution in [3.8, 4) is 5.75 Å². The van der Waals surface area contributed by atoms with Gasteiger partial charge in [-0.05, 0) is 116 Å². The number of fused-ring (bicyclic) bond motifs is 5. The lowest BCUT2D eigenvalue weighted by Gasteiger charge is -2.62. The third-order valence-corrected chi connectivity index (χ3v) is 12.2. The lowest BCUT2D eigenvalue weighted by Crippen LogP contribution is -2.58. The maximum atomic E-state index is 13.6. The minimum absolute atomic E-state index is 0.171. The summed E-state index contributed by atoms with van der Waals surface area (Å²) in [5.41, 5.74) is 1.23. The SMILES string of the molecule is COc1cc(F)ccc1C(O)CCC[C@@H](C)[C@H]1CC[C@H]2[C@@H]3CC[C@H]4[C@@H](O)[C@@H](O)CC[C@]4(C)[C@H]3CC[C@]12C. The van der Waals surface area contributed by atoms with Crippen molar-refractivity contribution in [2.45, 2.75) is 110 Å². The summed E-state index contributed by atoms with van der Waals surface area (Å²) in [6.07, 6.45) is 10.3. The minimum Gasteiger partial charge on any atom is -0.496 e. The van der Waals surface area contributed by atoms with Gasteiger partial charge in [0.15, 0.2) is 0 Å². The van der Waals surface area contributed by atoms with Crippen molar-refractivity contribution >= 4 is 0 Å². The Labute approximate surface area is 223 Å². The Kier molecular flexibility index (Phi) is 7.72. The molecule has 3 N–H and O–H groups in total. The standard InChI is InChI=1S/C32H49FO4/c1-19(6-5-7-27(34)22-9-8-20(33)18-29(22)37-4)23-12-13-24-21-10-11-26-30(36)28(35)15-17-32(26,3)25(21)14-16-31(23,24)2/h8-9,18-19,21,23-28,30,34-36H,5-7,10-17H2,1-4H3/t19-,21+,23-,24+,25+,26+,27?,28+,30-,31-,32-/m1/s1. The summed E-state index contributed by atoms with van der Waals surface area (Å²) in [5, 5.41) is 31.9. The van der Waals surface area contributed by atoms with Crippen LogP contribution < -0.4 is 4.74 Å². The summed E-state index contributed by atoms with van der Waals surface area (Å²) in [6, 6.07) is 4.38. The second-order valence-corrected chi connectivity index (χ2v) is 13.7. The molecular weight excluding hydrogens is 467 g/mol. The Hall–Kier alpha value is -1.17. The van der Waals surface area contributed by atoms with E-state index in [0.717, 1.165) is 49.9 Å². The van der Waals surface area contributed by atoms with E-state index in [4.69, 9.17) is 4.74 Å². The number of hydrogen-bond acceptors (Lipinski definition) is 4. The zero-order valence-corrected chi connectivity index (χ0v) is 23.3. The molecule has 4 fully saturated rings. The quantitative estimate of drug-likeness (QED) is 0.379. The average Bonchev–Trinajstić information content (AvgIpc) is 3.23. The predicted molar refractivity (Wildman–Crippen MR) is 144 cm³/mol. The first-order valence-corrected chi connectivity index (χ1v) is 15.0. The fourth-order valence-corrected chi connectivity index (χ4v) is 10.2. The highest BCUT2D eigenvalue weighted by Crippen LogP contribution is 2.68. The van der Waals surface area contributed by atoms with Crippen LogP contribution in [-0.4, -0.2) is 34.6 Å². The molecule has 0 spiro atoms. The molecule has 0 amide bonds. The number of rotatable bonds is 7. The first kappa shape index (κ1) is 27.4. The smallest absolute Gasteiger partial charge is 0.127 e. The molecule has 1 aromatic rings. The monoisotopic (exact) mass is 516 g/mol. The Balaban J connectivity index is 1.21. The molecule has 4 nitrogen and oxygen atoms in total. The highest BCUT2D eigenvalue weighted by atomic mass is 19.1. The number of ether oxygens (including phenoxy) is 1. The molecule has 0 saturated heterocycles. The van der Waals surface area contributed by atoms with Crippen molar-refractivity contribution in [3.63, 3.8) is 0 Å². The van der Waals surface area contributed by atoms with Crippen LogP contribution in [0.2, 0.25) is 0 Å². The number of aliphatic hydroxyl groups is 3. The van der Waals surface area contributed by atoms with E-state index in [2.05, 4.69) is 20.8 Å². The summed E-state index contributed by atoms with van der Waals surface area (Å²) in [6.45, 7) is 7.43. The largest absolute Gasteiger partial charge is 0.496 e. The minimum atomic E-state index is -0.634. The van der Waals surface area contributed by atoms with Gasteiger partial charge >= 0.3 is 0 Å². The zero-order valence-electron chi connectivity index (χ0n) is 23.3. The van der Waals surface area contributed by atoms with Crippen molar-refractivity contribution in [1.29, 1.82) is 0 Å². The van der Waals surface area contributed by atoms with E-state index in [-0.39, 0.29) is 17.2 Å². The molecule has 5 heteroatoms. The maximum absolute atomic E-state index is 13.6. The van der Waals surface area contributed by atoms with Crippen LogP contribution in [0.15, 0.2) is 18.2 Å². The Morgan fingerprint density at radius 1 is 0.946 bits per heavy atom. The number of hydrogen-bond donors (Lipinski definition) is 3. The van der Waals surface area contributed by atoms with Gasteiger partial charge in [-0.15, -0.1) is 0 Å². The van der Waals surface area contributed by atoms with E-state index in [1.54, 1.807) is 6.07 Å². The van der Waals surface area contributed by atoms with Crippen LogP contribution in [0, 0.1) is 52.2 Å². The van der Waals surface area contributed by atoms with Gasteiger partial charge < -0.3 is 20.1 Å². The van der Waals surface area contributed by atoms with Gasteiger partial charge in [0.1, 0.15) is 11.6 Å². The molecule has 1 unspecified atom stereocenters. The van der Waals surface area contributed by atoms with E-state index in [9.17, 15) is 19.7 Å². The van der Waals surface area contributed by atoms with E-state index < -0.39 is 18.3 Å². The van der Waals surface area contributed by atoms with Crippen molar-refractivity contribution in [2.75, 3.05) is 7.11 Å². The van der Waals surface area contributed by atoms with E-state index in [1.165, 1.54) is 51.3 Å². The molecule has 0 aliphatic heterocycles. The highest BCUT2D eigenvalue weighted by molar-refractivity contribution is 5.35. The van der Waals surface area contributed by atoms with Gasteiger partial charge in [0.05, 0.1) is 25.4 Å². The molecule has 37 heavy (non-hydrogen) atoms. The van der Waals surface area contributed by atoms with Gasteiger partial charge in [-0.2, -0.15) is 0 Å². The zero-order chi connectivity index (χ0) is 26.5. The van der Waals surface area contributed by atoms with E-state index in [1.807, 2.05) is 0 Å².